The van der Waals surface area contributed by atoms with Crippen LogP contribution in [-0.2, 0) is 17.8 Å². The SMILES string of the molecule is CCc1nc2cc(N)ccc2n1CCC(N)=O. The minimum absolute atomic E-state index is 0.302. The third-order valence-electron chi connectivity index (χ3n) is 2.75. The van der Waals surface area contributed by atoms with Crippen LogP contribution in [0.15, 0.2) is 18.2 Å². The molecule has 0 saturated heterocycles. The lowest BCUT2D eigenvalue weighted by Gasteiger charge is -2.06. The van der Waals surface area contributed by atoms with Gasteiger partial charge < -0.3 is 16.0 Å². The second-order valence-corrected chi connectivity index (χ2v) is 4.00. The van der Waals surface area contributed by atoms with E-state index in [1.807, 2.05) is 29.7 Å². The lowest BCUT2D eigenvalue weighted by atomic mass is 10.3. The standard InChI is InChI=1S/C12H16N4O/c1-2-12-15-9-7-8(13)3-4-10(9)16(12)6-5-11(14)17/h3-4,7H,2,5-6,13H2,1H3,(H2,14,17). The summed E-state index contributed by atoms with van der Waals surface area (Å²) in [6, 6.07) is 5.61. The van der Waals surface area contributed by atoms with E-state index in [0.29, 0.717) is 18.7 Å². The first kappa shape index (κ1) is 11.4. The Bertz CT molecular complexity index is 559. The molecule has 0 spiro atoms. The summed E-state index contributed by atoms with van der Waals surface area (Å²) in [5, 5.41) is 0. The molecule has 0 saturated carbocycles. The zero-order valence-corrected chi connectivity index (χ0v) is 9.81. The molecule has 1 aromatic heterocycles. The third kappa shape index (κ3) is 2.22. The van der Waals surface area contributed by atoms with Gasteiger partial charge in [-0.25, -0.2) is 4.98 Å². The number of aromatic nitrogens is 2. The molecular formula is C12H16N4O. The molecular weight excluding hydrogens is 216 g/mol. The summed E-state index contributed by atoms with van der Waals surface area (Å²) >= 11 is 0. The number of nitrogens with zero attached hydrogens (tertiary/aromatic N) is 2. The van der Waals surface area contributed by atoms with Crippen molar-refractivity contribution in [2.24, 2.45) is 5.73 Å². The highest BCUT2D eigenvalue weighted by atomic mass is 16.1. The summed E-state index contributed by atoms with van der Waals surface area (Å²) in [6.45, 7) is 2.60. The summed E-state index contributed by atoms with van der Waals surface area (Å²) in [7, 11) is 0. The Balaban J connectivity index is 2.47. The number of carbonyl (C=O) groups excluding carboxylic acids is 1. The van der Waals surface area contributed by atoms with Crippen LogP contribution in [0.25, 0.3) is 11.0 Å². The van der Waals surface area contributed by atoms with Gasteiger partial charge in [-0.1, -0.05) is 6.92 Å². The Labute approximate surface area is 99.4 Å². The van der Waals surface area contributed by atoms with E-state index >= 15 is 0 Å². The van der Waals surface area contributed by atoms with Gasteiger partial charge in [-0.15, -0.1) is 0 Å². The van der Waals surface area contributed by atoms with Gasteiger partial charge in [0.2, 0.25) is 5.91 Å². The molecule has 17 heavy (non-hydrogen) atoms. The van der Waals surface area contributed by atoms with Crippen molar-refractivity contribution in [3.63, 3.8) is 0 Å². The van der Waals surface area contributed by atoms with Gasteiger partial charge in [-0.05, 0) is 18.2 Å². The lowest BCUT2D eigenvalue weighted by Crippen LogP contribution is -2.15. The number of benzene rings is 1. The van der Waals surface area contributed by atoms with E-state index in [2.05, 4.69) is 4.98 Å². The van der Waals surface area contributed by atoms with E-state index in [1.54, 1.807) is 0 Å². The molecule has 90 valence electrons. The lowest BCUT2D eigenvalue weighted by molar-refractivity contribution is -0.118. The van der Waals surface area contributed by atoms with Crippen molar-refractivity contribution in [3.8, 4) is 0 Å². The van der Waals surface area contributed by atoms with Crippen molar-refractivity contribution in [1.82, 2.24) is 9.55 Å². The number of anilines is 1. The summed E-state index contributed by atoms with van der Waals surface area (Å²) < 4.78 is 2.03. The van der Waals surface area contributed by atoms with Crippen LogP contribution in [0.4, 0.5) is 5.69 Å². The number of nitrogens with two attached hydrogens (primary N) is 2. The number of aryl methyl sites for hydroxylation is 2. The topological polar surface area (TPSA) is 86.9 Å². The van der Waals surface area contributed by atoms with E-state index < -0.39 is 0 Å². The highest BCUT2D eigenvalue weighted by Gasteiger charge is 2.09. The van der Waals surface area contributed by atoms with E-state index in [1.165, 1.54) is 0 Å². The van der Waals surface area contributed by atoms with Crippen molar-refractivity contribution >= 4 is 22.6 Å². The van der Waals surface area contributed by atoms with Crippen molar-refractivity contribution in [1.29, 1.82) is 0 Å². The molecule has 0 atom stereocenters. The number of primary amides is 1. The largest absolute Gasteiger partial charge is 0.399 e. The molecule has 1 heterocycles. The quantitative estimate of drug-likeness (QED) is 0.772. The van der Waals surface area contributed by atoms with Crippen LogP contribution in [0.3, 0.4) is 0 Å². The molecule has 0 radical (unpaired) electrons. The molecule has 1 amide bonds. The van der Waals surface area contributed by atoms with Crippen molar-refractivity contribution in [2.45, 2.75) is 26.3 Å². The van der Waals surface area contributed by atoms with Crippen LogP contribution >= 0.6 is 0 Å². The first-order chi connectivity index (χ1) is 8.11. The number of hydrogen-bond donors (Lipinski definition) is 2. The maximum Gasteiger partial charge on any atom is 0.219 e. The fourth-order valence-electron chi connectivity index (χ4n) is 1.94. The normalized spacial score (nSPS) is 10.9. The molecule has 0 aliphatic rings. The van der Waals surface area contributed by atoms with Gasteiger partial charge >= 0.3 is 0 Å². The number of amides is 1. The van der Waals surface area contributed by atoms with E-state index in [4.69, 9.17) is 11.5 Å². The van der Waals surface area contributed by atoms with E-state index in [9.17, 15) is 4.79 Å². The van der Waals surface area contributed by atoms with Gasteiger partial charge in [0.05, 0.1) is 11.0 Å². The van der Waals surface area contributed by atoms with E-state index in [-0.39, 0.29) is 5.91 Å². The number of rotatable bonds is 4. The zero-order valence-electron chi connectivity index (χ0n) is 9.81. The number of carbonyl (C=O) groups is 1. The van der Waals surface area contributed by atoms with Crippen molar-refractivity contribution in [2.75, 3.05) is 5.73 Å². The second-order valence-electron chi connectivity index (χ2n) is 4.00. The molecule has 0 aliphatic heterocycles. The Morgan fingerprint density at radius 3 is 2.88 bits per heavy atom. The van der Waals surface area contributed by atoms with Crippen LogP contribution in [-0.4, -0.2) is 15.5 Å². The molecule has 0 unspecified atom stereocenters. The van der Waals surface area contributed by atoms with Crippen LogP contribution in [0.5, 0.6) is 0 Å². The molecule has 4 N–H and O–H groups in total. The first-order valence-electron chi connectivity index (χ1n) is 5.64. The van der Waals surface area contributed by atoms with Gasteiger partial charge in [-0.3, -0.25) is 4.79 Å². The number of nitrogen functional groups attached to an aromatic ring is 1. The van der Waals surface area contributed by atoms with Crippen molar-refractivity contribution in [3.05, 3.63) is 24.0 Å². The second kappa shape index (κ2) is 4.45. The summed E-state index contributed by atoms with van der Waals surface area (Å²) in [4.78, 5) is 15.4. The smallest absolute Gasteiger partial charge is 0.219 e. The molecule has 2 rings (SSSR count). The predicted octanol–water partition coefficient (Wildman–Crippen LogP) is 1.06. The zero-order chi connectivity index (χ0) is 12.4. The van der Waals surface area contributed by atoms with Crippen molar-refractivity contribution < 1.29 is 4.79 Å². The number of hydrogen-bond acceptors (Lipinski definition) is 3. The van der Waals surface area contributed by atoms with Crippen LogP contribution < -0.4 is 11.5 Å². The van der Waals surface area contributed by atoms with Gasteiger partial charge in [0.15, 0.2) is 0 Å². The van der Waals surface area contributed by atoms with Crippen LogP contribution in [0.2, 0.25) is 0 Å². The van der Waals surface area contributed by atoms with Gasteiger partial charge in [-0.2, -0.15) is 0 Å². The molecule has 0 aliphatic carbocycles. The molecule has 0 fully saturated rings. The maximum atomic E-state index is 10.9. The van der Waals surface area contributed by atoms with Crippen LogP contribution in [0, 0.1) is 0 Å². The fraction of sp³-hybridized carbons (Fsp3) is 0.333. The summed E-state index contributed by atoms with van der Waals surface area (Å²) in [6.07, 6.45) is 1.14. The van der Waals surface area contributed by atoms with Crippen LogP contribution in [0.1, 0.15) is 19.2 Å². The molecule has 5 nitrogen and oxygen atoms in total. The fourth-order valence-corrected chi connectivity index (χ4v) is 1.94. The Morgan fingerprint density at radius 2 is 2.24 bits per heavy atom. The minimum atomic E-state index is -0.302. The highest BCUT2D eigenvalue weighted by Crippen LogP contribution is 2.19. The highest BCUT2D eigenvalue weighted by molar-refractivity contribution is 5.80. The summed E-state index contributed by atoms with van der Waals surface area (Å²) in [5.41, 5.74) is 13.5. The Kier molecular flexibility index (Phi) is 2.99. The number of fused-ring (bicyclic) bond motifs is 1. The monoisotopic (exact) mass is 232 g/mol. The molecule has 2 aromatic rings. The minimum Gasteiger partial charge on any atom is -0.399 e. The first-order valence-corrected chi connectivity index (χ1v) is 5.64. The summed E-state index contributed by atoms with van der Waals surface area (Å²) in [5.74, 6) is 0.649. The predicted molar refractivity (Wildman–Crippen MR) is 67.3 cm³/mol. The number of imidazole rings is 1. The molecule has 1 aromatic carbocycles. The van der Waals surface area contributed by atoms with Gasteiger partial charge in [0, 0.05) is 25.1 Å². The average Bonchev–Trinajstić information content (AvgIpc) is 2.63. The Morgan fingerprint density at radius 1 is 1.47 bits per heavy atom. The Hall–Kier alpha value is -2.04. The molecule has 5 heteroatoms. The maximum absolute atomic E-state index is 10.9. The van der Waals surface area contributed by atoms with E-state index in [0.717, 1.165) is 23.3 Å². The van der Waals surface area contributed by atoms with Gasteiger partial charge in [0.25, 0.3) is 0 Å². The average molecular weight is 232 g/mol. The third-order valence-corrected chi connectivity index (χ3v) is 2.75. The molecule has 0 bridgehead atoms. The van der Waals surface area contributed by atoms with Gasteiger partial charge in [0.1, 0.15) is 5.82 Å².